The van der Waals surface area contributed by atoms with Gasteiger partial charge in [-0.25, -0.2) is 4.79 Å². The molecule has 1 rings (SSSR count). The van der Waals surface area contributed by atoms with E-state index >= 15 is 0 Å². The molecule has 7 heteroatoms. The summed E-state index contributed by atoms with van der Waals surface area (Å²) >= 11 is 0. The van der Waals surface area contributed by atoms with Crippen molar-refractivity contribution < 1.29 is 19.4 Å². The van der Waals surface area contributed by atoms with E-state index in [0.717, 1.165) is 6.42 Å². The third-order valence-corrected chi connectivity index (χ3v) is 4.17. The highest BCUT2D eigenvalue weighted by atomic mass is 16.6. The topological polar surface area (TPSA) is 90.9 Å². The molecule has 0 radical (unpaired) electrons. The smallest absolute Gasteiger partial charge is 0.407 e. The summed E-state index contributed by atoms with van der Waals surface area (Å²) in [4.78, 5) is 25.7. The number of likely N-dealkylation sites (tertiary alicyclic amines) is 1. The highest BCUT2D eigenvalue weighted by molar-refractivity contribution is 5.74. The number of ether oxygens (including phenoxy) is 1. The molecule has 1 unspecified atom stereocenters. The van der Waals surface area contributed by atoms with Crippen LogP contribution in [0, 0.1) is 0 Å². The normalized spacial score (nSPS) is 21.6. The molecular weight excluding hydrogens is 322 g/mol. The van der Waals surface area contributed by atoms with Crippen LogP contribution in [0.25, 0.3) is 0 Å². The number of rotatable bonds is 6. The van der Waals surface area contributed by atoms with E-state index in [4.69, 9.17) is 4.74 Å². The SMILES string of the molecule is C[C@H](NC(=O)OC(C)(C)C)[C@@H](CNC(C)(C)C)N1CCCC1C(=O)O. The van der Waals surface area contributed by atoms with Crippen LogP contribution in [0.5, 0.6) is 0 Å². The molecule has 25 heavy (non-hydrogen) atoms. The third kappa shape index (κ3) is 7.61. The Balaban J connectivity index is 2.86. The van der Waals surface area contributed by atoms with Gasteiger partial charge in [-0.15, -0.1) is 0 Å². The molecule has 0 bridgehead atoms. The van der Waals surface area contributed by atoms with Gasteiger partial charge in [0.25, 0.3) is 0 Å². The second-order valence-electron chi connectivity index (χ2n) is 8.87. The summed E-state index contributed by atoms with van der Waals surface area (Å²) in [5.41, 5.74) is -0.664. The Bertz CT molecular complexity index is 468. The van der Waals surface area contributed by atoms with Crippen molar-refractivity contribution in [1.82, 2.24) is 15.5 Å². The molecule has 3 N–H and O–H groups in total. The van der Waals surface area contributed by atoms with E-state index in [-0.39, 0.29) is 17.6 Å². The molecule has 0 spiro atoms. The number of hydrogen-bond donors (Lipinski definition) is 3. The molecule has 0 aliphatic carbocycles. The first-order chi connectivity index (χ1) is 11.3. The summed E-state index contributed by atoms with van der Waals surface area (Å²) < 4.78 is 5.34. The quantitative estimate of drug-likeness (QED) is 0.675. The van der Waals surface area contributed by atoms with Gasteiger partial charge >= 0.3 is 12.1 Å². The number of carbonyl (C=O) groups excluding carboxylic acids is 1. The van der Waals surface area contributed by atoms with Crippen molar-refractivity contribution in [1.29, 1.82) is 0 Å². The summed E-state index contributed by atoms with van der Waals surface area (Å²) in [6.07, 6.45) is 1.01. The van der Waals surface area contributed by atoms with Crippen LogP contribution in [0.1, 0.15) is 61.3 Å². The molecule has 1 aliphatic heterocycles. The van der Waals surface area contributed by atoms with Gasteiger partial charge in [0, 0.05) is 24.2 Å². The number of alkyl carbamates (subject to hydrolysis) is 1. The maximum Gasteiger partial charge on any atom is 0.407 e. The zero-order valence-corrected chi connectivity index (χ0v) is 16.7. The fraction of sp³-hybridized carbons (Fsp3) is 0.889. The molecule has 1 heterocycles. The lowest BCUT2D eigenvalue weighted by molar-refractivity contribution is -0.143. The minimum Gasteiger partial charge on any atom is -0.480 e. The largest absolute Gasteiger partial charge is 0.480 e. The van der Waals surface area contributed by atoms with Crippen molar-refractivity contribution in [3.05, 3.63) is 0 Å². The summed E-state index contributed by atoms with van der Waals surface area (Å²) in [5, 5.41) is 15.8. The second-order valence-corrected chi connectivity index (χ2v) is 8.87. The predicted octanol–water partition coefficient (Wildman–Crippen LogP) is 2.21. The van der Waals surface area contributed by atoms with Crippen LogP contribution in [-0.4, -0.2) is 64.4 Å². The number of nitrogens with one attached hydrogen (secondary N) is 2. The van der Waals surface area contributed by atoms with Gasteiger partial charge in [-0.3, -0.25) is 9.69 Å². The number of carboxylic acid groups (broad SMARTS) is 1. The van der Waals surface area contributed by atoms with E-state index < -0.39 is 23.7 Å². The van der Waals surface area contributed by atoms with Crippen LogP contribution in [-0.2, 0) is 9.53 Å². The van der Waals surface area contributed by atoms with E-state index in [0.29, 0.717) is 19.5 Å². The molecule has 1 aliphatic rings. The standard InChI is InChI=1S/C18H35N3O4/c1-12(20-16(24)25-18(5,6)7)14(11-19-17(2,3)4)21-10-8-9-13(21)15(22)23/h12-14,19H,8-11H2,1-7H3,(H,20,24)(H,22,23)/t12-,13?,14+/m0/s1. The van der Waals surface area contributed by atoms with Crippen LogP contribution in [0.15, 0.2) is 0 Å². The summed E-state index contributed by atoms with van der Waals surface area (Å²) in [6.45, 7) is 14.8. The van der Waals surface area contributed by atoms with Crippen LogP contribution >= 0.6 is 0 Å². The van der Waals surface area contributed by atoms with Gasteiger partial charge in [-0.2, -0.15) is 0 Å². The van der Waals surface area contributed by atoms with Gasteiger partial charge in [-0.05, 0) is 67.9 Å². The van der Waals surface area contributed by atoms with E-state index in [1.807, 2.05) is 32.6 Å². The first kappa shape index (κ1) is 21.7. The van der Waals surface area contributed by atoms with Crippen LogP contribution in [0.3, 0.4) is 0 Å². The van der Waals surface area contributed by atoms with E-state index in [2.05, 4.69) is 31.4 Å². The lowest BCUT2D eigenvalue weighted by Gasteiger charge is -2.37. The maximum atomic E-state index is 12.1. The van der Waals surface area contributed by atoms with E-state index in [1.165, 1.54) is 0 Å². The molecule has 7 nitrogen and oxygen atoms in total. The Labute approximate surface area is 151 Å². The fourth-order valence-electron chi connectivity index (χ4n) is 3.03. The van der Waals surface area contributed by atoms with Crippen molar-refractivity contribution in [2.45, 2.75) is 90.6 Å². The molecule has 0 aromatic carbocycles. The minimum absolute atomic E-state index is 0.0949. The average Bonchev–Trinajstić information content (AvgIpc) is 2.84. The minimum atomic E-state index is -0.803. The predicted molar refractivity (Wildman–Crippen MR) is 97.7 cm³/mol. The number of carbonyl (C=O) groups is 2. The molecule has 1 amide bonds. The molecule has 0 aromatic heterocycles. The van der Waals surface area contributed by atoms with Gasteiger partial charge in [0.2, 0.25) is 0 Å². The Morgan fingerprint density at radius 3 is 2.32 bits per heavy atom. The maximum absolute atomic E-state index is 12.1. The first-order valence-corrected chi connectivity index (χ1v) is 9.03. The monoisotopic (exact) mass is 357 g/mol. The molecule has 3 atom stereocenters. The Hall–Kier alpha value is -1.34. The van der Waals surface area contributed by atoms with E-state index in [9.17, 15) is 14.7 Å². The Kier molecular flexibility index (Phi) is 7.26. The fourth-order valence-corrected chi connectivity index (χ4v) is 3.03. The van der Waals surface area contributed by atoms with E-state index in [1.54, 1.807) is 0 Å². The molecule has 1 saturated heterocycles. The lowest BCUT2D eigenvalue weighted by atomic mass is 10.0. The van der Waals surface area contributed by atoms with Crippen LogP contribution < -0.4 is 10.6 Å². The van der Waals surface area contributed by atoms with Gasteiger partial charge in [0.1, 0.15) is 11.6 Å². The molecule has 1 fully saturated rings. The summed E-state index contributed by atoms with van der Waals surface area (Å²) in [6, 6.07) is -0.880. The zero-order chi connectivity index (χ0) is 19.4. The zero-order valence-electron chi connectivity index (χ0n) is 16.7. The summed E-state index contributed by atoms with van der Waals surface area (Å²) in [7, 11) is 0. The average molecular weight is 357 g/mol. The molecule has 146 valence electrons. The molecular formula is C18H35N3O4. The number of hydrogen-bond acceptors (Lipinski definition) is 5. The van der Waals surface area contributed by atoms with Crippen molar-refractivity contribution >= 4 is 12.1 Å². The number of nitrogens with zero attached hydrogens (tertiary/aromatic N) is 1. The number of carboxylic acids is 1. The van der Waals surface area contributed by atoms with Crippen molar-refractivity contribution in [2.24, 2.45) is 0 Å². The molecule has 0 saturated carbocycles. The van der Waals surface area contributed by atoms with Gasteiger partial charge < -0.3 is 20.5 Å². The lowest BCUT2D eigenvalue weighted by Crippen LogP contribution is -2.59. The van der Waals surface area contributed by atoms with Crippen molar-refractivity contribution in [3.8, 4) is 0 Å². The number of aliphatic carboxylic acids is 1. The van der Waals surface area contributed by atoms with Gasteiger partial charge in [0.15, 0.2) is 0 Å². The highest BCUT2D eigenvalue weighted by Crippen LogP contribution is 2.22. The Morgan fingerprint density at radius 2 is 1.84 bits per heavy atom. The Morgan fingerprint density at radius 1 is 1.24 bits per heavy atom. The first-order valence-electron chi connectivity index (χ1n) is 9.03. The van der Waals surface area contributed by atoms with Gasteiger partial charge in [-0.1, -0.05) is 0 Å². The van der Waals surface area contributed by atoms with Crippen molar-refractivity contribution in [2.75, 3.05) is 13.1 Å². The van der Waals surface area contributed by atoms with Gasteiger partial charge in [0.05, 0.1) is 0 Å². The van der Waals surface area contributed by atoms with Crippen LogP contribution in [0.4, 0.5) is 4.79 Å². The second kappa shape index (κ2) is 8.36. The summed E-state index contributed by atoms with van der Waals surface area (Å²) in [5.74, 6) is -0.803. The van der Waals surface area contributed by atoms with Crippen molar-refractivity contribution in [3.63, 3.8) is 0 Å². The molecule has 0 aromatic rings. The highest BCUT2D eigenvalue weighted by Gasteiger charge is 2.38. The number of amides is 1. The third-order valence-electron chi connectivity index (χ3n) is 4.17. The van der Waals surface area contributed by atoms with Crippen LogP contribution in [0.2, 0.25) is 0 Å².